The molecule has 0 aliphatic rings. The Balaban J connectivity index is 0.000000207. The molecule has 0 N–H and O–H groups in total. The molecule has 0 aliphatic carbocycles. The van der Waals surface area contributed by atoms with Crippen molar-refractivity contribution in [3.05, 3.63) is 108 Å². The summed E-state index contributed by atoms with van der Waals surface area (Å²) in [6, 6.07) is 29.9. The number of hydrogen-bond acceptors (Lipinski definition) is 4. The van der Waals surface area contributed by atoms with Crippen molar-refractivity contribution in [2.75, 3.05) is 7.11 Å². The molecule has 0 spiro atoms. The third kappa shape index (κ3) is 5.26. The van der Waals surface area contributed by atoms with Crippen molar-refractivity contribution in [1.82, 2.24) is 9.55 Å². The summed E-state index contributed by atoms with van der Waals surface area (Å²) in [5.41, 5.74) is 3.84. The third-order valence-corrected chi connectivity index (χ3v) is 5.58. The minimum atomic E-state index is -0.378. The summed E-state index contributed by atoms with van der Waals surface area (Å²) in [4.78, 5) is 16.2. The van der Waals surface area contributed by atoms with E-state index in [4.69, 9.17) is 9.47 Å². The van der Waals surface area contributed by atoms with Gasteiger partial charge in [-0.2, -0.15) is 0 Å². The van der Waals surface area contributed by atoms with Gasteiger partial charge >= 0.3 is 5.97 Å². The van der Waals surface area contributed by atoms with Crippen LogP contribution in [0.3, 0.4) is 0 Å². The van der Waals surface area contributed by atoms with Crippen LogP contribution in [0, 0.1) is 6.92 Å². The Kier molecular flexibility index (Phi) is 7.23. The van der Waals surface area contributed by atoms with E-state index in [1.165, 1.54) is 23.4 Å². The van der Waals surface area contributed by atoms with E-state index in [0.717, 1.165) is 23.4 Å². The van der Waals surface area contributed by atoms with Crippen LogP contribution in [0.1, 0.15) is 28.7 Å². The van der Waals surface area contributed by atoms with Crippen LogP contribution in [0.15, 0.2) is 91.0 Å². The maximum Gasteiger partial charge on any atom is 0.337 e. The number of aromatic nitrogens is 2. The van der Waals surface area contributed by atoms with Gasteiger partial charge in [-0.05, 0) is 55.0 Å². The Morgan fingerprint density at radius 3 is 2.44 bits per heavy atom. The van der Waals surface area contributed by atoms with Gasteiger partial charge in [0.2, 0.25) is 0 Å². The molecule has 5 rings (SSSR count). The van der Waals surface area contributed by atoms with E-state index in [0.29, 0.717) is 17.9 Å². The third-order valence-electron chi connectivity index (χ3n) is 5.58. The Hall–Kier alpha value is -4.12. The highest BCUT2D eigenvalue weighted by atomic mass is 16.5. The molecule has 0 saturated carbocycles. The van der Waals surface area contributed by atoms with Gasteiger partial charge in [-0.1, -0.05) is 66.2 Å². The van der Waals surface area contributed by atoms with Crippen molar-refractivity contribution in [1.29, 1.82) is 0 Å². The van der Waals surface area contributed by atoms with E-state index >= 15 is 0 Å². The molecule has 1 aromatic heterocycles. The van der Waals surface area contributed by atoms with Gasteiger partial charge in [-0.3, -0.25) is 0 Å². The first-order valence-electron chi connectivity index (χ1n) is 11.3. The van der Waals surface area contributed by atoms with E-state index in [1.807, 2.05) is 30.3 Å². The summed E-state index contributed by atoms with van der Waals surface area (Å²) in [6.45, 7) is 5.36. The molecule has 0 aliphatic heterocycles. The number of nitrogens with zero attached hydrogens (tertiary/aromatic N) is 2. The molecule has 0 saturated heterocycles. The van der Waals surface area contributed by atoms with Crippen LogP contribution in [0.2, 0.25) is 0 Å². The zero-order valence-electron chi connectivity index (χ0n) is 19.7. The number of carbonyl (C=O) groups is 1. The second-order valence-corrected chi connectivity index (χ2v) is 7.92. The number of para-hydroxylation sites is 2. The summed E-state index contributed by atoms with van der Waals surface area (Å²) >= 11 is 0. The van der Waals surface area contributed by atoms with Crippen LogP contribution in [-0.2, 0) is 17.9 Å². The molecule has 172 valence electrons. The predicted molar refractivity (Wildman–Crippen MR) is 136 cm³/mol. The van der Waals surface area contributed by atoms with Gasteiger partial charge in [0.15, 0.2) is 0 Å². The quantitative estimate of drug-likeness (QED) is 0.283. The lowest BCUT2D eigenvalue weighted by Gasteiger charge is -2.09. The smallest absolute Gasteiger partial charge is 0.337 e. The van der Waals surface area contributed by atoms with E-state index in [-0.39, 0.29) is 5.97 Å². The van der Waals surface area contributed by atoms with Crippen LogP contribution in [-0.4, -0.2) is 22.6 Å². The van der Waals surface area contributed by atoms with Gasteiger partial charge in [0.25, 0.3) is 0 Å². The lowest BCUT2D eigenvalue weighted by molar-refractivity contribution is 0.0600. The number of carbonyl (C=O) groups excluding carboxylic acids is 1. The van der Waals surface area contributed by atoms with Gasteiger partial charge in [0.05, 0.1) is 23.7 Å². The van der Waals surface area contributed by atoms with Gasteiger partial charge < -0.3 is 14.0 Å². The summed E-state index contributed by atoms with van der Waals surface area (Å²) in [5, 5.41) is 2.64. The average Bonchev–Trinajstić information content (AvgIpc) is 3.25. The van der Waals surface area contributed by atoms with Crippen molar-refractivity contribution in [3.8, 4) is 5.75 Å². The fourth-order valence-electron chi connectivity index (χ4n) is 3.88. The Morgan fingerprint density at radius 1 is 0.882 bits per heavy atom. The van der Waals surface area contributed by atoms with Gasteiger partial charge in [-0.15, -0.1) is 0 Å². The van der Waals surface area contributed by atoms with Crippen molar-refractivity contribution >= 4 is 27.8 Å². The van der Waals surface area contributed by atoms with E-state index in [9.17, 15) is 4.79 Å². The Morgan fingerprint density at radius 2 is 1.65 bits per heavy atom. The number of benzene rings is 4. The topological polar surface area (TPSA) is 53.4 Å². The number of hydrogen-bond donors (Lipinski definition) is 0. The molecule has 0 atom stereocenters. The molecule has 0 unspecified atom stereocenters. The molecule has 0 amide bonds. The maximum atomic E-state index is 11.6. The Labute approximate surface area is 199 Å². The van der Waals surface area contributed by atoms with Gasteiger partial charge in [0, 0.05) is 6.54 Å². The zero-order valence-corrected chi connectivity index (χ0v) is 19.7. The molecule has 0 fully saturated rings. The standard InChI is InChI=1S/C18H18N2O3.C11H10/c1-3-20-16-10-5-4-9-15(16)19-17(20)12-23-14-8-6-7-13(11-14)18(21)22-2;1-9-6-7-10-4-2-3-5-11(10)8-9/h4-11H,3,12H2,1-2H3;2-8H,1H3. The van der Waals surface area contributed by atoms with Gasteiger partial charge in [0.1, 0.15) is 18.2 Å². The maximum absolute atomic E-state index is 11.6. The lowest BCUT2D eigenvalue weighted by Crippen LogP contribution is -2.06. The minimum Gasteiger partial charge on any atom is -0.486 e. The fourth-order valence-corrected chi connectivity index (χ4v) is 3.88. The first-order valence-corrected chi connectivity index (χ1v) is 11.3. The molecule has 0 radical (unpaired) electrons. The predicted octanol–water partition coefficient (Wildman–Crippen LogP) is 6.57. The molecule has 1 heterocycles. The van der Waals surface area contributed by atoms with Crippen LogP contribution < -0.4 is 4.74 Å². The molecular formula is C29H28N2O3. The summed E-state index contributed by atoms with van der Waals surface area (Å²) in [7, 11) is 1.36. The van der Waals surface area contributed by atoms with Crippen LogP contribution in [0.4, 0.5) is 0 Å². The van der Waals surface area contributed by atoms with E-state index in [2.05, 4.69) is 65.9 Å². The average molecular weight is 453 g/mol. The molecule has 5 aromatic rings. The molecule has 0 bridgehead atoms. The van der Waals surface area contributed by atoms with Crippen molar-refractivity contribution in [2.45, 2.75) is 27.0 Å². The second kappa shape index (κ2) is 10.7. The van der Waals surface area contributed by atoms with Gasteiger partial charge in [-0.25, -0.2) is 9.78 Å². The monoisotopic (exact) mass is 452 g/mol. The number of imidazole rings is 1. The highest BCUT2D eigenvalue weighted by molar-refractivity contribution is 5.89. The van der Waals surface area contributed by atoms with E-state index in [1.54, 1.807) is 18.2 Å². The minimum absolute atomic E-state index is 0.340. The molecule has 4 aromatic carbocycles. The molecule has 5 nitrogen and oxygen atoms in total. The highest BCUT2D eigenvalue weighted by Crippen LogP contribution is 2.19. The summed E-state index contributed by atoms with van der Waals surface area (Å²) in [5.74, 6) is 1.09. The van der Waals surface area contributed by atoms with Crippen molar-refractivity contribution < 1.29 is 14.3 Å². The zero-order chi connectivity index (χ0) is 23.9. The first-order chi connectivity index (χ1) is 16.6. The number of methoxy groups -OCH3 is 1. The van der Waals surface area contributed by atoms with Crippen molar-refractivity contribution in [2.24, 2.45) is 0 Å². The number of esters is 1. The SMILES string of the molecule is CCn1c(COc2cccc(C(=O)OC)c2)nc2ccccc21.Cc1ccc2ccccc2c1. The number of fused-ring (bicyclic) bond motifs is 2. The second-order valence-electron chi connectivity index (χ2n) is 7.92. The Bertz CT molecular complexity index is 1420. The molecular weight excluding hydrogens is 424 g/mol. The fraction of sp³-hybridized carbons (Fsp3) is 0.172. The summed E-state index contributed by atoms with van der Waals surface area (Å²) in [6.07, 6.45) is 0. The number of rotatable bonds is 5. The van der Waals surface area contributed by atoms with Crippen LogP contribution >= 0.6 is 0 Å². The highest BCUT2D eigenvalue weighted by Gasteiger charge is 2.11. The number of aryl methyl sites for hydroxylation is 2. The first kappa shape index (κ1) is 23.1. The lowest BCUT2D eigenvalue weighted by atomic mass is 10.1. The van der Waals surface area contributed by atoms with Crippen LogP contribution in [0.25, 0.3) is 21.8 Å². The van der Waals surface area contributed by atoms with Crippen LogP contribution in [0.5, 0.6) is 5.75 Å². The van der Waals surface area contributed by atoms with E-state index < -0.39 is 0 Å². The normalized spacial score (nSPS) is 10.6. The molecule has 34 heavy (non-hydrogen) atoms. The summed E-state index contributed by atoms with van der Waals surface area (Å²) < 4.78 is 12.7. The largest absolute Gasteiger partial charge is 0.486 e. The van der Waals surface area contributed by atoms with Crippen molar-refractivity contribution in [3.63, 3.8) is 0 Å². The number of ether oxygens (including phenoxy) is 2. The molecule has 5 heteroatoms.